The number of nitrogens with two attached hydrogens (primary N) is 1. The Hall–Kier alpha value is -2.82. The lowest BCUT2D eigenvalue weighted by Crippen LogP contribution is -2.40. The van der Waals surface area contributed by atoms with Crippen LogP contribution in [0.25, 0.3) is 11.1 Å². The summed E-state index contributed by atoms with van der Waals surface area (Å²) in [6, 6.07) is 5.67. The highest BCUT2D eigenvalue weighted by Gasteiger charge is 2.23. The molecule has 10 heteroatoms. The van der Waals surface area contributed by atoms with E-state index in [1.165, 1.54) is 19.2 Å². The molecule has 0 bridgehead atoms. The van der Waals surface area contributed by atoms with Crippen LogP contribution in [0.5, 0.6) is 0 Å². The number of benzene rings is 1. The lowest BCUT2D eigenvalue weighted by Gasteiger charge is -2.19. The first kappa shape index (κ1) is 23.5. The van der Waals surface area contributed by atoms with Gasteiger partial charge in [0.1, 0.15) is 16.4 Å². The minimum Gasteiger partial charge on any atom is -0.462 e. The maximum absolute atomic E-state index is 13.3. The third kappa shape index (κ3) is 6.61. The maximum Gasteiger partial charge on any atom is 0.341 e. The smallest absolute Gasteiger partial charge is 0.341 e. The summed E-state index contributed by atoms with van der Waals surface area (Å²) in [6.07, 6.45) is 0. The number of nitrogens with one attached hydrogen (secondary N) is 1. The second-order valence-electron chi connectivity index (χ2n) is 6.30. The molecule has 2 aromatic rings. The summed E-state index contributed by atoms with van der Waals surface area (Å²) in [5.41, 5.74) is 6.57. The normalized spacial score (nSPS) is 10.8. The molecule has 1 aromatic heterocycles. The quantitative estimate of drug-likeness (QED) is 0.521. The molecule has 0 radical (unpaired) electrons. The summed E-state index contributed by atoms with van der Waals surface area (Å²) in [7, 11) is 1.51. The fraction of sp³-hybridized carbons (Fsp3) is 0.350. The average molecular weight is 437 g/mol. The number of esters is 1. The minimum atomic E-state index is -0.596. The summed E-state index contributed by atoms with van der Waals surface area (Å²) in [5.74, 6) is -1.99. The zero-order valence-corrected chi connectivity index (χ0v) is 17.6. The molecular weight excluding hydrogens is 413 g/mol. The van der Waals surface area contributed by atoms with Crippen molar-refractivity contribution in [3.63, 3.8) is 0 Å². The average Bonchev–Trinajstić information content (AvgIpc) is 3.09. The van der Waals surface area contributed by atoms with Gasteiger partial charge in [-0.05, 0) is 24.6 Å². The second kappa shape index (κ2) is 11.4. The van der Waals surface area contributed by atoms with Crippen LogP contribution in [0.3, 0.4) is 0 Å². The number of ether oxygens (including phenoxy) is 2. The first-order valence-corrected chi connectivity index (χ1v) is 10.1. The van der Waals surface area contributed by atoms with Gasteiger partial charge in [-0.25, -0.2) is 9.18 Å². The van der Waals surface area contributed by atoms with E-state index in [9.17, 15) is 18.8 Å². The molecular formula is C20H24FN3O5S. The topological polar surface area (TPSA) is 111 Å². The van der Waals surface area contributed by atoms with Crippen LogP contribution >= 0.6 is 11.3 Å². The van der Waals surface area contributed by atoms with E-state index in [1.54, 1.807) is 29.3 Å². The van der Waals surface area contributed by atoms with Gasteiger partial charge in [0.05, 0.1) is 26.3 Å². The van der Waals surface area contributed by atoms with Gasteiger partial charge >= 0.3 is 5.97 Å². The van der Waals surface area contributed by atoms with Gasteiger partial charge in [-0.2, -0.15) is 0 Å². The third-order valence-corrected chi connectivity index (χ3v) is 4.93. The Balaban J connectivity index is 2.25. The fourth-order valence-electron chi connectivity index (χ4n) is 2.72. The number of methoxy groups -OCH3 is 1. The zero-order valence-electron chi connectivity index (χ0n) is 16.8. The Morgan fingerprint density at radius 1 is 1.20 bits per heavy atom. The predicted octanol–water partition coefficient (Wildman–Crippen LogP) is 2.10. The van der Waals surface area contributed by atoms with Crippen molar-refractivity contribution >= 4 is 34.1 Å². The van der Waals surface area contributed by atoms with Crippen molar-refractivity contribution in [2.75, 3.05) is 45.3 Å². The largest absolute Gasteiger partial charge is 0.462 e. The molecule has 2 amide bonds. The highest BCUT2D eigenvalue weighted by molar-refractivity contribution is 7.15. The first-order chi connectivity index (χ1) is 14.3. The van der Waals surface area contributed by atoms with Crippen molar-refractivity contribution in [1.29, 1.82) is 0 Å². The van der Waals surface area contributed by atoms with Crippen LogP contribution in [-0.2, 0) is 19.1 Å². The van der Waals surface area contributed by atoms with Gasteiger partial charge in [0, 0.05) is 24.6 Å². The van der Waals surface area contributed by atoms with Crippen LogP contribution in [0, 0.1) is 5.82 Å². The standard InChI is InChI=1S/C20H24FN3O5S/c1-3-29-20(27)18-15(13-4-6-14(21)7-5-13)12-30-19(18)23-17(26)11-24(8-9-28-2)10-16(22)25/h4-7,12H,3,8-11H2,1-2H3,(H2,22,25)(H,23,26). The lowest BCUT2D eigenvalue weighted by molar-refractivity contribution is -0.121. The Morgan fingerprint density at radius 2 is 1.90 bits per heavy atom. The number of nitrogens with zero attached hydrogens (tertiary/aromatic N) is 1. The van der Waals surface area contributed by atoms with Gasteiger partial charge in [0.25, 0.3) is 0 Å². The lowest BCUT2D eigenvalue weighted by atomic mass is 10.0. The highest BCUT2D eigenvalue weighted by Crippen LogP contribution is 2.36. The monoisotopic (exact) mass is 437 g/mol. The zero-order chi connectivity index (χ0) is 22.1. The van der Waals surface area contributed by atoms with E-state index in [0.29, 0.717) is 29.3 Å². The number of hydrogen-bond donors (Lipinski definition) is 2. The molecule has 0 aliphatic rings. The highest BCUT2D eigenvalue weighted by atomic mass is 32.1. The molecule has 2 rings (SSSR count). The van der Waals surface area contributed by atoms with E-state index in [4.69, 9.17) is 15.2 Å². The number of halogens is 1. The van der Waals surface area contributed by atoms with E-state index in [-0.39, 0.29) is 25.3 Å². The van der Waals surface area contributed by atoms with Crippen LogP contribution < -0.4 is 11.1 Å². The van der Waals surface area contributed by atoms with Crippen molar-refractivity contribution in [2.24, 2.45) is 5.73 Å². The van der Waals surface area contributed by atoms with Crippen molar-refractivity contribution < 1.29 is 28.2 Å². The van der Waals surface area contributed by atoms with E-state index in [2.05, 4.69) is 5.32 Å². The molecule has 0 saturated heterocycles. The SMILES string of the molecule is CCOC(=O)c1c(-c2ccc(F)cc2)csc1NC(=O)CN(CCOC)CC(N)=O. The number of amides is 2. The molecule has 0 aliphatic carbocycles. The van der Waals surface area contributed by atoms with Gasteiger partial charge in [0.2, 0.25) is 11.8 Å². The molecule has 8 nitrogen and oxygen atoms in total. The fourth-order valence-corrected chi connectivity index (χ4v) is 3.70. The van der Waals surface area contributed by atoms with Crippen molar-refractivity contribution in [3.8, 4) is 11.1 Å². The molecule has 0 fully saturated rings. The van der Waals surface area contributed by atoms with E-state index >= 15 is 0 Å². The van der Waals surface area contributed by atoms with E-state index in [0.717, 1.165) is 11.3 Å². The summed E-state index contributed by atoms with van der Waals surface area (Å²) in [4.78, 5) is 37.9. The first-order valence-electron chi connectivity index (χ1n) is 9.19. The van der Waals surface area contributed by atoms with Crippen LogP contribution in [0.4, 0.5) is 9.39 Å². The number of rotatable bonds is 11. The second-order valence-corrected chi connectivity index (χ2v) is 7.18. The van der Waals surface area contributed by atoms with Crippen LogP contribution in [0.1, 0.15) is 17.3 Å². The van der Waals surface area contributed by atoms with Crippen molar-refractivity contribution in [1.82, 2.24) is 4.90 Å². The molecule has 0 aliphatic heterocycles. The molecule has 0 unspecified atom stereocenters. The molecule has 30 heavy (non-hydrogen) atoms. The Bertz CT molecular complexity index is 885. The van der Waals surface area contributed by atoms with Gasteiger partial charge in [-0.15, -0.1) is 11.3 Å². The molecule has 3 N–H and O–H groups in total. The van der Waals surface area contributed by atoms with E-state index in [1.807, 2.05) is 0 Å². The number of hydrogen-bond acceptors (Lipinski definition) is 7. The Kier molecular flexibility index (Phi) is 8.90. The van der Waals surface area contributed by atoms with Crippen LogP contribution in [-0.4, -0.2) is 62.6 Å². The maximum atomic E-state index is 13.3. The van der Waals surface area contributed by atoms with Gasteiger partial charge in [0.15, 0.2) is 0 Å². The minimum absolute atomic E-state index is 0.104. The number of primary amides is 1. The molecule has 162 valence electrons. The summed E-state index contributed by atoms with van der Waals surface area (Å²) < 4.78 is 23.4. The molecule has 0 saturated carbocycles. The molecule has 0 spiro atoms. The Morgan fingerprint density at radius 3 is 2.50 bits per heavy atom. The van der Waals surface area contributed by atoms with Crippen LogP contribution in [0.15, 0.2) is 29.6 Å². The van der Waals surface area contributed by atoms with Crippen molar-refractivity contribution in [3.05, 3.63) is 41.0 Å². The molecule has 1 heterocycles. The molecule has 0 atom stereocenters. The van der Waals surface area contributed by atoms with Gasteiger partial charge in [-0.1, -0.05) is 12.1 Å². The van der Waals surface area contributed by atoms with Gasteiger partial charge in [-0.3, -0.25) is 14.5 Å². The van der Waals surface area contributed by atoms with E-state index < -0.39 is 23.6 Å². The van der Waals surface area contributed by atoms with Gasteiger partial charge < -0.3 is 20.5 Å². The number of carbonyl (C=O) groups excluding carboxylic acids is 3. The Labute approximate surface area is 177 Å². The summed E-state index contributed by atoms with van der Waals surface area (Å²) >= 11 is 1.16. The number of thiophene rings is 1. The summed E-state index contributed by atoms with van der Waals surface area (Å²) in [5, 5.41) is 4.71. The van der Waals surface area contributed by atoms with Crippen molar-refractivity contribution in [2.45, 2.75) is 6.92 Å². The predicted molar refractivity (Wildman–Crippen MR) is 112 cm³/mol. The summed E-state index contributed by atoms with van der Waals surface area (Å²) in [6.45, 7) is 2.28. The molecule has 1 aromatic carbocycles. The van der Waals surface area contributed by atoms with Crippen LogP contribution in [0.2, 0.25) is 0 Å². The third-order valence-electron chi connectivity index (χ3n) is 4.04. The number of anilines is 1. The number of carbonyl (C=O) groups is 3.